The first-order valence-electron chi connectivity index (χ1n) is 10.3. The zero-order chi connectivity index (χ0) is 23.6. The lowest BCUT2D eigenvalue weighted by molar-refractivity contribution is 0.442. The Labute approximate surface area is 188 Å². The highest BCUT2D eigenvalue weighted by Gasteiger charge is 2.19. The van der Waals surface area contributed by atoms with E-state index in [0.29, 0.717) is 17.0 Å². The molecule has 0 aliphatic rings. The van der Waals surface area contributed by atoms with Crippen LogP contribution < -0.4 is 26.6 Å². The van der Waals surface area contributed by atoms with Gasteiger partial charge >= 0.3 is 0 Å². The summed E-state index contributed by atoms with van der Waals surface area (Å²) in [4.78, 5) is 37.9. The van der Waals surface area contributed by atoms with Crippen molar-refractivity contribution in [1.82, 2.24) is 19.9 Å². The maximum absolute atomic E-state index is 13.9. The third-order valence-electron chi connectivity index (χ3n) is 4.92. The van der Waals surface area contributed by atoms with E-state index in [4.69, 9.17) is 4.74 Å². The first-order chi connectivity index (χ1) is 15.7. The molecule has 0 saturated heterocycles. The maximum atomic E-state index is 13.9. The summed E-state index contributed by atoms with van der Waals surface area (Å²) in [7, 11) is 0. The fourth-order valence-electron chi connectivity index (χ4n) is 3.34. The summed E-state index contributed by atoms with van der Waals surface area (Å²) in [5.74, 6) is 0.00522. The smallest absolute Gasteiger partial charge is 0.272 e. The average molecular weight is 446 g/mol. The lowest BCUT2D eigenvalue weighted by Gasteiger charge is -2.16. The van der Waals surface area contributed by atoms with Crippen LogP contribution in [0.15, 0.2) is 64.4 Å². The molecule has 0 aliphatic heterocycles. The van der Waals surface area contributed by atoms with Crippen LogP contribution in [-0.2, 0) is 5.41 Å². The average Bonchev–Trinajstić information content (AvgIpc) is 3.23. The summed E-state index contributed by atoms with van der Waals surface area (Å²) in [6.45, 7) is 6.06. The maximum Gasteiger partial charge on any atom is 0.272 e. The van der Waals surface area contributed by atoms with Gasteiger partial charge in [0.2, 0.25) is 0 Å². The van der Waals surface area contributed by atoms with Crippen LogP contribution in [-0.4, -0.2) is 19.9 Å². The topological polar surface area (TPSA) is 104 Å². The number of para-hydroxylation sites is 1. The molecular formula is C25H23FN4O3. The zero-order valence-corrected chi connectivity index (χ0v) is 18.4. The van der Waals surface area contributed by atoms with Crippen LogP contribution in [0.1, 0.15) is 37.7 Å². The van der Waals surface area contributed by atoms with Crippen LogP contribution in [0.5, 0.6) is 11.5 Å². The SMILES string of the molecule is CC(C)(C)c1[nH]cnc1/C=c1\[nH]c(=O)/c(=C/c2cccc(Oc3ccccc3F)c2)[nH]c1=O. The Morgan fingerprint density at radius 2 is 1.64 bits per heavy atom. The van der Waals surface area contributed by atoms with Gasteiger partial charge in [-0.05, 0) is 42.0 Å². The van der Waals surface area contributed by atoms with Crippen molar-refractivity contribution in [3.63, 3.8) is 0 Å². The predicted molar refractivity (Wildman–Crippen MR) is 124 cm³/mol. The Morgan fingerprint density at radius 1 is 0.939 bits per heavy atom. The molecule has 0 spiro atoms. The lowest BCUT2D eigenvalue weighted by atomic mass is 9.90. The molecule has 2 aromatic heterocycles. The molecule has 0 aliphatic carbocycles. The van der Waals surface area contributed by atoms with E-state index in [1.807, 2.05) is 20.8 Å². The van der Waals surface area contributed by atoms with Crippen molar-refractivity contribution in [3.05, 3.63) is 109 Å². The minimum atomic E-state index is -0.481. The Bertz CT molecular complexity index is 1540. The fraction of sp³-hybridized carbons (Fsp3) is 0.160. The van der Waals surface area contributed by atoms with Crippen molar-refractivity contribution >= 4 is 12.2 Å². The van der Waals surface area contributed by atoms with Crippen LogP contribution in [0, 0.1) is 5.82 Å². The normalized spacial score (nSPS) is 12.8. The summed E-state index contributed by atoms with van der Waals surface area (Å²) in [6.07, 6.45) is 4.62. The number of nitrogens with zero attached hydrogens (tertiary/aromatic N) is 1. The third kappa shape index (κ3) is 5.01. The largest absolute Gasteiger partial charge is 0.454 e. The molecule has 0 saturated carbocycles. The molecule has 0 atom stereocenters. The Balaban J connectivity index is 1.71. The van der Waals surface area contributed by atoms with Gasteiger partial charge < -0.3 is 19.7 Å². The highest BCUT2D eigenvalue weighted by Crippen LogP contribution is 2.25. The van der Waals surface area contributed by atoms with E-state index >= 15 is 0 Å². The van der Waals surface area contributed by atoms with E-state index in [9.17, 15) is 14.0 Å². The lowest BCUT2D eigenvalue weighted by Crippen LogP contribution is -2.46. The van der Waals surface area contributed by atoms with Gasteiger partial charge in [-0.25, -0.2) is 9.37 Å². The molecule has 3 N–H and O–H groups in total. The number of rotatable bonds is 4. The number of hydrogen-bond acceptors (Lipinski definition) is 4. The van der Waals surface area contributed by atoms with Gasteiger partial charge in [0.15, 0.2) is 11.6 Å². The number of aromatic amines is 3. The van der Waals surface area contributed by atoms with Crippen molar-refractivity contribution in [3.8, 4) is 11.5 Å². The molecule has 2 aromatic carbocycles. The highest BCUT2D eigenvalue weighted by atomic mass is 19.1. The van der Waals surface area contributed by atoms with Crippen molar-refractivity contribution in [2.75, 3.05) is 0 Å². The van der Waals surface area contributed by atoms with Gasteiger partial charge in [0.25, 0.3) is 11.1 Å². The van der Waals surface area contributed by atoms with Crippen molar-refractivity contribution in [2.24, 2.45) is 0 Å². The summed E-state index contributed by atoms with van der Waals surface area (Å²) < 4.78 is 19.4. The van der Waals surface area contributed by atoms with E-state index in [1.54, 1.807) is 48.8 Å². The molecule has 0 radical (unpaired) electrons. The van der Waals surface area contributed by atoms with Crippen LogP contribution >= 0.6 is 0 Å². The molecule has 4 aromatic rings. The standard InChI is InChI=1S/C25H23FN4O3/c1-25(2,3)22-18(27-14-28-22)13-20-24(32)29-19(23(31)30-20)12-15-7-6-8-16(11-15)33-21-10-5-4-9-17(21)26/h4-14H,1-3H3,(H,27,28)(H,29,32)(H,30,31)/b19-12-,20-13-. The van der Waals surface area contributed by atoms with Gasteiger partial charge in [-0.2, -0.15) is 0 Å². The first kappa shape index (κ1) is 22.0. The Morgan fingerprint density at radius 3 is 2.33 bits per heavy atom. The Hall–Kier alpha value is -4.20. The molecular weight excluding hydrogens is 423 g/mol. The second-order valence-corrected chi connectivity index (χ2v) is 8.54. The summed E-state index contributed by atoms with van der Waals surface area (Å²) in [6, 6.07) is 12.8. The number of hydrogen-bond donors (Lipinski definition) is 3. The summed E-state index contributed by atoms with van der Waals surface area (Å²) in [5, 5.41) is 0.185. The van der Waals surface area contributed by atoms with Crippen LogP contribution in [0.3, 0.4) is 0 Å². The molecule has 4 rings (SSSR count). The van der Waals surface area contributed by atoms with Crippen molar-refractivity contribution in [1.29, 1.82) is 0 Å². The van der Waals surface area contributed by atoms with Gasteiger partial charge in [0.05, 0.1) is 12.0 Å². The van der Waals surface area contributed by atoms with E-state index < -0.39 is 16.9 Å². The summed E-state index contributed by atoms with van der Waals surface area (Å²) >= 11 is 0. The van der Waals surface area contributed by atoms with E-state index in [0.717, 1.165) is 5.69 Å². The van der Waals surface area contributed by atoms with Gasteiger partial charge in [-0.1, -0.05) is 45.0 Å². The van der Waals surface area contributed by atoms with Crippen molar-refractivity contribution < 1.29 is 9.13 Å². The number of benzene rings is 2. The second-order valence-electron chi connectivity index (χ2n) is 8.54. The molecule has 0 amide bonds. The monoisotopic (exact) mass is 446 g/mol. The van der Waals surface area contributed by atoms with Crippen molar-refractivity contribution in [2.45, 2.75) is 26.2 Å². The first-order valence-corrected chi connectivity index (χ1v) is 10.3. The van der Waals surface area contributed by atoms with Gasteiger partial charge in [-0.15, -0.1) is 0 Å². The number of imidazole rings is 1. The quantitative estimate of drug-likeness (QED) is 0.448. The molecule has 0 bridgehead atoms. The highest BCUT2D eigenvalue weighted by molar-refractivity contribution is 5.52. The zero-order valence-electron chi connectivity index (χ0n) is 18.4. The molecule has 8 heteroatoms. The molecule has 2 heterocycles. The minimum Gasteiger partial charge on any atom is -0.454 e. The summed E-state index contributed by atoms with van der Waals surface area (Å²) in [5.41, 5.74) is 0.905. The number of ether oxygens (including phenoxy) is 1. The van der Waals surface area contributed by atoms with Gasteiger partial charge in [-0.3, -0.25) is 9.59 Å². The molecule has 0 fully saturated rings. The molecule has 7 nitrogen and oxygen atoms in total. The minimum absolute atomic E-state index is 0.0817. The van der Waals surface area contributed by atoms with E-state index in [-0.39, 0.29) is 21.9 Å². The second kappa shape index (κ2) is 8.74. The Kier molecular flexibility index (Phi) is 5.83. The van der Waals surface area contributed by atoms with Crippen LogP contribution in [0.25, 0.3) is 12.2 Å². The molecule has 168 valence electrons. The van der Waals surface area contributed by atoms with E-state index in [1.165, 1.54) is 18.2 Å². The number of nitrogens with one attached hydrogen (secondary N) is 3. The van der Waals surface area contributed by atoms with E-state index in [2.05, 4.69) is 19.9 Å². The molecule has 33 heavy (non-hydrogen) atoms. The fourth-order valence-corrected chi connectivity index (χ4v) is 3.34. The third-order valence-corrected chi connectivity index (χ3v) is 4.92. The number of aromatic nitrogens is 4. The van der Waals surface area contributed by atoms with Crippen LogP contribution in [0.4, 0.5) is 4.39 Å². The van der Waals surface area contributed by atoms with Gasteiger partial charge in [0.1, 0.15) is 16.4 Å². The van der Waals surface area contributed by atoms with Gasteiger partial charge in [0, 0.05) is 11.1 Å². The predicted octanol–water partition coefficient (Wildman–Crippen LogP) is 2.67. The van der Waals surface area contributed by atoms with Crippen LogP contribution in [0.2, 0.25) is 0 Å². The molecule has 0 unspecified atom stereocenters. The number of H-pyrrole nitrogens is 3. The number of halogens is 1.